The first kappa shape index (κ1) is 31.9. The van der Waals surface area contributed by atoms with Crippen LogP contribution in [0, 0.1) is 5.92 Å². The summed E-state index contributed by atoms with van der Waals surface area (Å²) in [5.41, 5.74) is 4.42. The smallest absolute Gasteiger partial charge is 0.266 e. The van der Waals surface area contributed by atoms with E-state index in [9.17, 15) is 9.59 Å². The number of nitrogens with zero attached hydrogens (tertiary/aromatic N) is 4. The van der Waals surface area contributed by atoms with Crippen molar-refractivity contribution in [3.05, 3.63) is 102 Å². The standard InChI is InChI=1S/C39H46N6O3/c1-39(2,38(47)43-22-19-40-20-23-43)48-34-11-6-10-33(24-34)44-21-7-12-35(36(44)30-8-4-3-5-9-30)37(46)45(32-17-18-32)27-28-13-15-29(16-14-28)31-25-41-42-26-31/h3-6,8-11,13-16,24-26,32,35-36,40H,7,12,17-23,27H2,1-2H3,(H,41,42). The summed E-state index contributed by atoms with van der Waals surface area (Å²) in [4.78, 5) is 34.5. The molecule has 2 unspecified atom stereocenters. The Bertz CT molecular complexity index is 1680. The molecule has 2 saturated heterocycles. The molecule has 3 heterocycles. The van der Waals surface area contributed by atoms with Crippen molar-refractivity contribution in [2.24, 2.45) is 5.92 Å². The van der Waals surface area contributed by atoms with E-state index in [0.29, 0.717) is 25.4 Å². The maximum Gasteiger partial charge on any atom is 0.266 e. The molecule has 250 valence electrons. The fourth-order valence-electron chi connectivity index (χ4n) is 7.31. The van der Waals surface area contributed by atoms with Crippen molar-refractivity contribution in [1.29, 1.82) is 0 Å². The summed E-state index contributed by atoms with van der Waals surface area (Å²) in [6.07, 6.45) is 7.56. The van der Waals surface area contributed by atoms with Crippen LogP contribution in [0.1, 0.15) is 56.7 Å². The number of amides is 2. The van der Waals surface area contributed by atoms with E-state index in [-0.39, 0.29) is 29.8 Å². The van der Waals surface area contributed by atoms with Crippen molar-refractivity contribution in [2.75, 3.05) is 37.6 Å². The van der Waals surface area contributed by atoms with Gasteiger partial charge in [-0.15, -0.1) is 0 Å². The minimum Gasteiger partial charge on any atom is -0.478 e. The van der Waals surface area contributed by atoms with Gasteiger partial charge in [0.1, 0.15) is 5.75 Å². The molecular formula is C39H46N6O3. The zero-order valence-electron chi connectivity index (χ0n) is 28.0. The van der Waals surface area contributed by atoms with Crippen LogP contribution in [0.4, 0.5) is 5.69 Å². The second-order valence-corrected chi connectivity index (χ2v) is 13.8. The fourth-order valence-corrected chi connectivity index (χ4v) is 7.31. The molecule has 4 aromatic rings. The SMILES string of the molecule is CC(C)(Oc1cccc(N2CCCC(C(=O)N(Cc3ccc(-c4cn[nH]c4)cc3)C3CC3)C2c2ccccc2)c1)C(=O)N1CCNCC1. The molecule has 9 heteroatoms. The molecule has 3 aliphatic rings. The van der Waals surface area contributed by atoms with E-state index in [0.717, 1.165) is 73.3 Å². The number of piperidine rings is 1. The van der Waals surface area contributed by atoms with Gasteiger partial charge in [-0.1, -0.05) is 60.7 Å². The highest BCUT2D eigenvalue weighted by Crippen LogP contribution is 2.43. The van der Waals surface area contributed by atoms with Gasteiger partial charge in [0.15, 0.2) is 5.60 Å². The van der Waals surface area contributed by atoms with E-state index in [1.54, 1.807) is 0 Å². The lowest BCUT2D eigenvalue weighted by Crippen LogP contribution is -2.54. The van der Waals surface area contributed by atoms with E-state index < -0.39 is 5.60 Å². The predicted molar refractivity (Wildman–Crippen MR) is 187 cm³/mol. The molecule has 3 fully saturated rings. The lowest BCUT2D eigenvalue weighted by Gasteiger charge is -2.44. The second-order valence-electron chi connectivity index (χ2n) is 13.8. The average Bonchev–Trinajstić information content (AvgIpc) is 3.82. The van der Waals surface area contributed by atoms with E-state index >= 15 is 0 Å². The van der Waals surface area contributed by atoms with Crippen molar-refractivity contribution in [2.45, 2.75) is 63.8 Å². The van der Waals surface area contributed by atoms with E-state index in [4.69, 9.17) is 4.74 Å². The monoisotopic (exact) mass is 646 g/mol. The van der Waals surface area contributed by atoms with E-state index in [1.165, 1.54) is 0 Å². The molecule has 2 atom stereocenters. The largest absolute Gasteiger partial charge is 0.478 e. The molecule has 2 aliphatic heterocycles. The van der Waals surface area contributed by atoms with Crippen LogP contribution in [0.25, 0.3) is 11.1 Å². The molecule has 48 heavy (non-hydrogen) atoms. The minimum absolute atomic E-state index is 0.00326. The number of hydrogen-bond donors (Lipinski definition) is 2. The third kappa shape index (κ3) is 6.97. The zero-order chi connectivity index (χ0) is 33.1. The molecule has 0 spiro atoms. The van der Waals surface area contributed by atoms with E-state index in [1.807, 2.05) is 55.4 Å². The van der Waals surface area contributed by atoms with Crippen molar-refractivity contribution in [3.63, 3.8) is 0 Å². The Kier molecular flexibility index (Phi) is 9.21. The van der Waals surface area contributed by atoms with Gasteiger partial charge in [0.25, 0.3) is 5.91 Å². The number of H-pyrrole nitrogens is 1. The molecule has 1 aliphatic carbocycles. The van der Waals surface area contributed by atoms with Crippen LogP contribution in [-0.2, 0) is 16.1 Å². The molecule has 2 amide bonds. The molecule has 0 bridgehead atoms. The van der Waals surface area contributed by atoms with Crippen LogP contribution >= 0.6 is 0 Å². The average molecular weight is 647 g/mol. The van der Waals surface area contributed by atoms with Gasteiger partial charge in [-0.25, -0.2) is 0 Å². The molecule has 7 rings (SSSR count). The van der Waals surface area contributed by atoms with Crippen molar-refractivity contribution in [1.82, 2.24) is 25.3 Å². The molecular weight excluding hydrogens is 600 g/mol. The highest BCUT2D eigenvalue weighted by atomic mass is 16.5. The van der Waals surface area contributed by atoms with Gasteiger partial charge in [-0.3, -0.25) is 14.7 Å². The van der Waals surface area contributed by atoms with Gasteiger partial charge in [-0.05, 0) is 68.4 Å². The number of hydrogen-bond acceptors (Lipinski definition) is 6. The summed E-state index contributed by atoms with van der Waals surface area (Å²) in [5, 5.41) is 10.3. The second kappa shape index (κ2) is 13.8. The lowest BCUT2D eigenvalue weighted by molar-refractivity contribution is -0.146. The van der Waals surface area contributed by atoms with Gasteiger partial charge < -0.3 is 24.8 Å². The van der Waals surface area contributed by atoms with Gasteiger partial charge in [0.05, 0.1) is 18.2 Å². The van der Waals surface area contributed by atoms with Crippen LogP contribution in [0.3, 0.4) is 0 Å². The predicted octanol–water partition coefficient (Wildman–Crippen LogP) is 5.81. The summed E-state index contributed by atoms with van der Waals surface area (Å²) in [7, 11) is 0. The van der Waals surface area contributed by atoms with Crippen molar-refractivity contribution < 1.29 is 14.3 Å². The third-order valence-electron chi connectivity index (χ3n) is 9.94. The number of aromatic nitrogens is 2. The number of anilines is 1. The summed E-state index contributed by atoms with van der Waals surface area (Å²) < 4.78 is 6.42. The Morgan fingerprint density at radius 3 is 2.40 bits per heavy atom. The molecule has 9 nitrogen and oxygen atoms in total. The van der Waals surface area contributed by atoms with Gasteiger partial charge in [-0.2, -0.15) is 5.10 Å². The first-order valence-electron chi connectivity index (χ1n) is 17.4. The van der Waals surface area contributed by atoms with Crippen LogP contribution in [0.5, 0.6) is 5.75 Å². The zero-order valence-corrected chi connectivity index (χ0v) is 28.0. The van der Waals surface area contributed by atoms with Gasteiger partial charge in [0, 0.05) is 68.8 Å². The van der Waals surface area contributed by atoms with Crippen LogP contribution in [0.2, 0.25) is 0 Å². The minimum atomic E-state index is -1.00. The number of carbonyl (C=O) groups excluding carboxylic acids is 2. The number of nitrogens with one attached hydrogen (secondary N) is 2. The summed E-state index contributed by atoms with van der Waals surface area (Å²) in [6.45, 7) is 8.09. The molecule has 0 radical (unpaired) electrons. The Morgan fingerprint density at radius 2 is 1.69 bits per heavy atom. The van der Waals surface area contributed by atoms with Crippen LogP contribution in [0.15, 0.2) is 91.3 Å². The lowest BCUT2D eigenvalue weighted by atomic mass is 9.83. The summed E-state index contributed by atoms with van der Waals surface area (Å²) in [6, 6.07) is 27.1. The Hall–Kier alpha value is -4.63. The number of rotatable bonds is 10. The normalized spacial score (nSPS) is 20.0. The molecule has 1 saturated carbocycles. The highest BCUT2D eigenvalue weighted by molar-refractivity contribution is 5.85. The van der Waals surface area contributed by atoms with E-state index in [2.05, 4.69) is 79.9 Å². The van der Waals surface area contributed by atoms with Crippen molar-refractivity contribution in [3.8, 4) is 16.9 Å². The maximum absolute atomic E-state index is 14.7. The first-order chi connectivity index (χ1) is 23.4. The van der Waals surface area contributed by atoms with Crippen molar-refractivity contribution >= 4 is 17.5 Å². The Morgan fingerprint density at radius 1 is 0.917 bits per heavy atom. The van der Waals surface area contributed by atoms with Crippen LogP contribution < -0.4 is 15.0 Å². The number of piperazine rings is 1. The Labute approximate surface area is 283 Å². The van der Waals surface area contributed by atoms with Crippen LogP contribution in [-0.4, -0.2) is 76.2 Å². The number of ether oxygens (including phenoxy) is 1. The summed E-state index contributed by atoms with van der Waals surface area (Å²) in [5.74, 6) is 0.684. The molecule has 1 aromatic heterocycles. The number of benzene rings is 3. The molecule has 3 aromatic carbocycles. The number of carbonyl (C=O) groups is 2. The summed E-state index contributed by atoms with van der Waals surface area (Å²) >= 11 is 0. The van der Waals surface area contributed by atoms with Gasteiger partial charge >= 0.3 is 0 Å². The number of aromatic amines is 1. The first-order valence-corrected chi connectivity index (χ1v) is 17.4. The Balaban J connectivity index is 1.14. The fraction of sp³-hybridized carbons (Fsp3) is 0.410. The highest BCUT2D eigenvalue weighted by Gasteiger charge is 2.43. The van der Waals surface area contributed by atoms with Gasteiger partial charge in [0.2, 0.25) is 5.91 Å². The maximum atomic E-state index is 14.7. The quantitative estimate of drug-likeness (QED) is 0.226. The third-order valence-corrected chi connectivity index (χ3v) is 9.94. The topological polar surface area (TPSA) is 93.8 Å². The molecule has 2 N–H and O–H groups in total.